The van der Waals surface area contributed by atoms with Crippen LogP contribution in [0.25, 0.3) is 0 Å². The zero-order chi connectivity index (χ0) is 20.9. The number of amides is 2. The minimum Gasteiger partial charge on any atom is -0.494 e. The molecule has 0 unspecified atom stereocenters. The average molecular weight is 401 g/mol. The molecule has 0 saturated carbocycles. The predicted molar refractivity (Wildman–Crippen MR) is 115 cm³/mol. The minimum atomic E-state index is -0.171. The van der Waals surface area contributed by atoms with Crippen LogP contribution >= 0.6 is 0 Å². The van der Waals surface area contributed by atoms with Crippen LogP contribution in [0.1, 0.15) is 32.8 Å². The van der Waals surface area contributed by atoms with Gasteiger partial charge in [-0.25, -0.2) is 9.78 Å². The fourth-order valence-corrected chi connectivity index (χ4v) is 2.80. The lowest BCUT2D eigenvalue weighted by Crippen LogP contribution is -2.36. The van der Waals surface area contributed by atoms with Crippen LogP contribution in [0.15, 0.2) is 42.6 Å². The zero-order valence-electron chi connectivity index (χ0n) is 17.6. The molecule has 0 saturated heterocycles. The maximum Gasteiger partial charge on any atom is 0.315 e. The molecule has 0 aliphatic heterocycles. The van der Waals surface area contributed by atoms with E-state index >= 15 is 0 Å². The summed E-state index contributed by atoms with van der Waals surface area (Å²) in [5.41, 5.74) is 0.916. The highest BCUT2D eigenvalue weighted by atomic mass is 16.5. The van der Waals surface area contributed by atoms with Crippen molar-refractivity contribution in [2.24, 2.45) is 0 Å². The van der Waals surface area contributed by atoms with Gasteiger partial charge in [0, 0.05) is 25.4 Å². The van der Waals surface area contributed by atoms with Gasteiger partial charge in [0.1, 0.15) is 11.5 Å². The van der Waals surface area contributed by atoms with Gasteiger partial charge in [-0.05, 0) is 68.9 Å². The van der Waals surface area contributed by atoms with Crippen molar-refractivity contribution in [2.75, 3.05) is 32.8 Å². The number of hydrogen-bond acceptors (Lipinski definition) is 5. The first-order valence-electron chi connectivity index (χ1n) is 10.2. The second-order valence-electron chi connectivity index (χ2n) is 6.50. The molecule has 0 atom stereocenters. The maximum absolute atomic E-state index is 12.0. The van der Waals surface area contributed by atoms with E-state index in [1.54, 1.807) is 6.20 Å². The number of benzene rings is 1. The van der Waals surface area contributed by atoms with E-state index in [9.17, 15) is 4.79 Å². The summed E-state index contributed by atoms with van der Waals surface area (Å²) in [5.74, 6) is 1.96. The van der Waals surface area contributed by atoms with Crippen molar-refractivity contribution in [3.8, 4) is 17.4 Å². The lowest BCUT2D eigenvalue weighted by atomic mass is 10.2. The highest BCUT2D eigenvalue weighted by Crippen LogP contribution is 2.23. The Kier molecular flexibility index (Phi) is 9.78. The quantitative estimate of drug-likeness (QED) is 0.530. The first-order valence-corrected chi connectivity index (χ1v) is 10.2. The Morgan fingerprint density at radius 2 is 1.76 bits per heavy atom. The van der Waals surface area contributed by atoms with Gasteiger partial charge in [0.2, 0.25) is 5.88 Å². The third kappa shape index (κ3) is 8.39. The fourth-order valence-electron chi connectivity index (χ4n) is 2.80. The summed E-state index contributed by atoms with van der Waals surface area (Å²) in [6.45, 7) is 11.0. The summed E-state index contributed by atoms with van der Waals surface area (Å²) in [6.07, 6.45) is 2.60. The summed E-state index contributed by atoms with van der Waals surface area (Å²) in [6, 6.07) is 10.9. The fraction of sp³-hybridized carbons (Fsp3) is 0.455. The van der Waals surface area contributed by atoms with Gasteiger partial charge in [-0.15, -0.1) is 0 Å². The summed E-state index contributed by atoms with van der Waals surface area (Å²) in [7, 11) is 0. The molecule has 2 amide bonds. The third-order valence-electron chi connectivity index (χ3n) is 4.44. The molecule has 7 heteroatoms. The second-order valence-corrected chi connectivity index (χ2v) is 6.50. The molecule has 0 radical (unpaired) electrons. The highest BCUT2D eigenvalue weighted by molar-refractivity contribution is 5.73. The highest BCUT2D eigenvalue weighted by Gasteiger charge is 2.05. The van der Waals surface area contributed by atoms with Crippen molar-refractivity contribution in [3.05, 3.63) is 48.2 Å². The van der Waals surface area contributed by atoms with Crippen LogP contribution in [0.3, 0.4) is 0 Å². The number of nitrogens with zero attached hydrogens (tertiary/aromatic N) is 2. The van der Waals surface area contributed by atoms with E-state index in [2.05, 4.69) is 34.4 Å². The Morgan fingerprint density at radius 1 is 1.03 bits per heavy atom. The Hall–Kier alpha value is -2.80. The third-order valence-corrected chi connectivity index (χ3v) is 4.44. The molecule has 0 fully saturated rings. The topological polar surface area (TPSA) is 75.7 Å². The van der Waals surface area contributed by atoms with Gasteiger partial charge in [0.25, 0.3) is 0 Å². The van der Waals surface area contributed by atoms with Crippen molar-refractivity contribution in [1.29, 1.82) is 0 Å². The first-order chi connectivity index (χ1) is 14.1. The van der Waals surface area contributed by atoms with Crippen molar-refractivity contribution in [3.63, 3.8) is 0 Å². The Labute approximate surface area is 173 Å². The maximum atomic E-state index is 12.0. The average Bonchev–Trinajstić information content (AvgIpc) is 2.74. The second kappa shape index (κ2) is 12.6. The van der Waals surface area contributed by atoms with Crippen LogP contribution in [0, 0.1) is 0 Å². The number of pyridine rings is 1. The number of urea groups is 1. The van der Waals surface area contributed by atoms with Crippen LogP contribution in [0.5, 0.6) is 17.4 Å². The van der Waals surface area contributed by atoms with E-state index in [1.807, 2.05) is 43.3 Å². The van der Waals surface area contributed by atoms with E-state index in [0.29, 0.717) is 31.3 Å². The molecule has 0 aliphatic rings. The van der Waals surface area contributed by atoms with Crippen molar-refractivity contribution < 1.29 is 14.3 Å². The van der Waals surface area contributed by atoms with E-state index in [0.717, 1.165) is 37.4 Å². The van der Waals surface area contributed by atoms with Gasteiger partial charge in [0.15, 0.2) is 0 Å². The molecular weight excluding hydrogens is 368 g/mol. The van der Waals surface area contributed by atoms with Crippen LogP contribution in [0.2, 0.25) is 0 Å². The van der Waals surface area contributed by atoms with Crippen LogP contribution < -0.4 is 20.1 Å². The number of carbonyl (C=O) groups excluding carboxylic acids is 1. The molecule has 7 nitrogen and oxygen atoms in total. The Balaban J connectivity index is 1.75. The molecule has 2 rings (SSSR count). The number of ether oxygens (including phenoxy) is 2. The van der Waals surface area contributed by atoms with Gasteiger partial charge >= 0.3 is 6.03 Å². The minimum absolute atomic E-state index is 0.171. The summed E-state index contributed by atoms with van der Waals surface area (Å²) >= 11 is 0. The molecule has 1 heterocycles. The van der Waals surface area contributed by atoms with Crippen molar-refractivity contribution in [2.45, 2.75) is 33.7 Å². The number of nitrogens with one attached hydrogen (secondary N) is 2. The van der Waals surface area contributed by atoms with Gasteiger partial charge in [-0.1, -0.05) is 13.8 Å². The molecule has 2 aromatic rings. The molecule has 29 heavy (non-hydrogen) atoms. The number of rotatable bonds is 12. The zero-order valence-corrected chi connectivity index (χ0v) is 17.6. The predicted octanol–water partition coefficient (Wildman–Crippen LogP) is 3.80. The lowest BCUT2D eigenvalue weighted by Gasteiger charge is -2.17. The standard InChI is InChI=1S/C22H32N4O3/c1-4-26(5-2)15-7-13-24-22(27)25-17-18-12-14-23-21(16-18)29-20-10-8-19(9-11-20)28-6-3/h8-12,14,16H,4-7,13,15,17H2,1-3H3,(H2,24,25,27). The van der Waals surface area contributed by atoms with E-state index in [4.69, 9.17) is 9.47 Å². The molecule has 158 valence electrons. The normalized spacial score (nSPS) is 10.6. The molecule has 2 N–H and O–H groups in total. The van der Waals surface area contributed by atoms with Crippen molar-refractivity contribution in [1.82, 2.24) is 20.5 Å². The summed E-state index contributed by atoms with van der Waals surface area (Å²) in [4.78, 5) is 18.5. The number of aromatic nitrogens is 1. The van der Waals surface area contributed by atoms with E-state index < -0.39 is 0 Å². The monoisotopic (exact) mass is 400 g/mol. The molecule has 0 bridgehead atoms. The number of hydrogen-bond donors (Lipinski definition) is 2. The summed E-state index contributed by atoms with van der Waals surface area (Å²) < 4.78 is 11.2. The SMILES string of the molecule is CCOc1ccc(Oc2cc(CNC(=O)NCCCN(CC)CC)ccn2)cc1. The van der Waals surface area contributed by atoms with E-state index in [1.165, 1.54) is 0 Å². The lowest BCUT2D eigenvalue weighted by molar-refractivity contribution is 0.239. The van der Waals surface area contributed by atoms with Gasteiger partial charge < -0.3 is 25.0 Å². The van der Waals surface area contributed by atoms with Crippen LogP contribution in [-0.4, -0.2) is 48.7 Å². The number of carbonyl (C=O) groups is 1. The molecular formula is C22H32N4O3. The van der Waals surface area contributed by atoms with E-state index in [-0.39, 0.29) is 6.03 Å². The Morgan fingerprint density at radius 3 is 2.45 bits per heavy atom. The van der Waals surface area contributed by atoms with Crippen LogP contribution in [-0.2, 0) is 6.54 Å². The largest absolute Gasteiger partial charge is 0.494 e. The smallest absolute Gasteiger partial charge is 0.315 e. The van der Waals surface area contributed by atoms with Crippen LogP contribution in [0.4, 0.5) is 4.79 Å². The van der Waals surface area contributed by atoms with Gasteiger partial charge in [-0.2, -0.15) is 0 Å². The van der Waals surface area contributed by atoms with Gasteiger partial charge in [0.05, 0.1) is 6.61 Å². The van der Waals surface area contributed by atoms with Gasteiger partial charge in [-0.3, -0.25) is 0 Å². The molecule has 0 spiro atoms. The van der Waals surface area contributed by atoms with Crippen molar-refractivity contribution >= 4 is 6.03 Å². The first kappa shape index (κ1) is 22.5. The molecule has 1 aromatic carbocycles. The molecule has 0 aliphatic carbocycles. The Bertz CT molecular complexity index is 733. The molecule has 1 aromatic heterocycles. The summed E-state index contributed by atoms with van der Waals surface area (Å²) in [5, 5.41) is 5.76.